The van der Waals surface area contributed by atoms with Crippen LogP contribution in [-0.4, -0.2) is 34.5 Å². The van der Waals surface area contributed by atoms with Crippen molar-refractivity contribution in [3.63, 3.8) is 0 Å². The van der Waals surface area contributed by atoms with E-state index in [9.17, 15) is 9.59 Å². The van der Waals surface area contributed by atoms with E-state index in [2.05, 4.69) is 4.98 Å². The van der Waals surface area contributed by atoms with Crippen LogP contribution in [-0.2, 0) is 4.79 Å². The molecule has 1 atom stereocenters. The van der Waals surface area contributed by atoms with Crippen molar-refractivity contribution in [2.45, 2.75) is 13.0 Å². The average Bonchev–Trinajstić information content (AvgIpc) is 2.15. The zero-order valence-electron chi connectivity index (χ0n) is 8.85. The summed E-state index contributed by atoms with van der Waals surface area (Å²) in [7, 11) is 3.35. The molecule has 6 heteroatoms. The zero-order valence-corrected chi connectivity index (χ0v) is 9.67. The Hall–Kier alpha value is -1.43. The zero-order chi connectivity index (χ0) is 11.6. The molecule has 1 heterocycles. The SMILES string of the molecule is CC(C(=O)N(C)C)n1ccc(=O)[nH]c1=S. The van der Waals surface area contributed by atoms with Gasteiger partial charge >= 0.3 is 0 Å². The molecule has 0 radical (unpaired) electrons. The lowest BCUT2D eigenvalue weighted by Gasteiger charge is -2.19. The van der Waals surface area contributed by atoms with Gasteiger partial charge in [0.25, 0.3) is 5.56 Å². The third kappa shape index (κ3) is 2.53. The van der Waals surface area contributed by atoms with Crippen molar-refractivity contribution in [2.75, 3.05) is 14.1 Å². The van der Waals surface area contributed by atoms with Crippen LogP contribution in [0.4, 0.5) is 0 Å². The molecule has 0 fully saturated rings. The first-order valence-corrected chi connectivity index (χ1v) is 4.87. The van der Waals surface area contributed by atoms with Crippen molar-refractivity contribution < 1.29 is 4.79 Å². The topological polar surface area (TPSA) is 58.1 Å². The Labute approximate surface area is 92.3 Å². The van der Waals surface area contributed by atoms with E-state index in [-0.39, 0.29) is 16.2 Å². The number of nitrogens with one attached hydrogen (secondary N) is 1. The third-order valence-corrected chi connectivity index (χ3v) is 2.38. The molecule has 1 rings (SSSR count). The van der Waals surface area contributed by atoms with Crippen LogP contribution in [0.15, 0.2) is 17.1 Å². The molecular formula is C9H13N3O2S. The molecule has 15 heavy (non-hydrogen) atoms. The molecule has 0 aliphatic rings. The van der Waals surface area contributed by atoms with Crippen LogP contribution in [0.25, 0.3) is 0 Å². The molecule has 0 aliphatic carbocycles. The van der Waals surface area contributed by atoms with Gasteiger partial charge in [-0.05, 0) is 19.1 Å². The van der Waals surface area contributed by atoms with Crippen molar-refractivity contribution >= 4 is 18.1 Å². The lowest BCUT2D eigenvalue weighted by Crippen LogP contribution is -2.31. The van der Waals surface area contributed by atoms with Crippen molar-refractivity contribution in [1.82, 2.24) is 14.5 Å². The van der Waals surface area contributed by atoms with E-state index < -0.39 is 6.04 Å². The number of carbonyl (C=O) groups is 1. The summed E-state index contributed by atoms with van der Waals surface area (Å²) in [6.45, 7) is 1.73. The predicted molar refractivity (Wildman–Crippen MR) is 59.3 cm³/mol. The highest BCUT2D eigenvalue weighted by molar-refractivity contribution is 7.71. The smallest absolute Gasteiger partial charge is 0.251 e. The Kier molecular flexibility index (Phi) is 3.41. The van der Waals surface area contributed by atoms with E-state index in [1.807, 2.05) is 0 Å². The molecule has 0 saturated carbocycles. The summed E-state index contributed by atoms with van der Waals surface area (Å²) >= 11 is 4.96. The average molecular weight is 227 g/mol. The molecule has 1 aromatic rings. The molecule has 1 N–H and O–H groups in total. The van der Waals surface area contributed by atoms with Gasteiger partial charge in [0.1, 0.15) is 6.04 Å². The third-order valence-electron chi connectivity index (χ3n) is 2.07. The van der Waals surface area contributed by atoms with E-state index >= 15 is 0 Å². The number of hydrogen-bond acceptors (Lipinski definition) is 3. The van der Waals surface area contributed by atoms with Crippen molar-refractivity contribution in [2.24, 2.45) is 0 Å². The first-order valence-electron chi connectivity index (χ1n) is 4.46. The molecule has 0 bridgehead atoms. The highest BCUT2D eigenvalue weighted by atomic mass is 32.1. The Morgan fingerprint density at radius 2 is 2.20 bits per heavy atom. The molecule has 0 aromatic carbocycles. The van der Waals surface area contributed by atoms with Gasteiger partial charge in [-0.15, -0.1) is 0 Å². The summed E-state index contributed by atoms with van der Waals surface area (Å²) in [4.78, 5) is 26.5. The fourth-order valence-corrected chi connectivity index (χ4v) is 1.54. The Balaban J connectivity index is 3.12. The lowest BCUT2D eigenvalue weighted by atomic mass is 10.3. The van der Waals surface area contributed by atoms with Gasteiger partial charge in [0, 0.05) is 26.4 Å². The van der Waals surface area contributed by atoms with Gasteiger partial charge < -0.3 is 9.47 Å². The Morgan fingerprint density at radius 3 is 2.67 bits per heavy atom. The molecule has 1 aromatic heterocycles. The van der Waals surface area contributed by atoms with Crippen molar-refractivity contribution in [3.8, 4) is 0 Å². The number of hydrogen-bond donors (Lipinski definition) is 1. The monoisotopic (exact) mass is 227 g/mol. The maximum atomic E-state index is 11.6. The number of H-pyrrole nitrogens is 1. The van der Waals surface area contributed by atoms with E-state index in [0.717, 1.165) is 0 Å². The number of aromatic nitrogens is 2. The van der Waals surface area contributed by atoms with Gasteiger partial charge in [-0.1, -0.05) is 0 Å². The normalized spacial score (nSPS) is 12.2. The van der Waals surface area contributed by atoms with Crippen molar-refractivity contribution in [3.05, 3.63) is 27.4 Å². The fourth-order valence-electron chi connectivity index (χ4n) is 1.22. The van der Waals surface area contributed by atoms with Crippen LogP contribution < -0.4 is 5.56 Å². The van der Waals surface area contributed by atoms with E-state index in [1.54, 1.807) is 25.6 Å². The van der Waals surface area contributed by atoms with Crippen LogP contribution in [0.3, 0.4) is 0 Å². The summed E-state index contributed by atoms with van der Waals surface area (Å²) in [5.74, 6) is -0.0712. The van der Waals surface area contributed by atoms with Crippen LogP contribution in [0.1, 0.15) is 13.0 Å². The minimum absolute atomic E-state index is 0.0712. The number of carbonyl (C=O) groups excluding carboxylic acids is 1. The van der Waals surface area contributed by atoms with Crippen LogP contribution in [0.5, 0.6) is 0 Å². The van der Waals surface area contributed by atoms with Crippen LogP contribution in [0.2, 0.25) is 0 Å². The largest absolute Gasteiger partial charge is 0.347 e. The number of rotatable bonds is 2. The molecular weight excluding hydrogens is 214 g/mol. The van der Waals surface area contributed by atoms with E-state index in [0.29, 0.717) is 0 Å². The van der Waals surface area contributed by atoms with Gasteiger partial charge in [-0.3, -0.25) is 14.6 Å². The molecule has 0 aliphatic heterocycles. The number of likely N-dealkylation sites (N-methyl/N-ethyl adjacent to an activating group) is 1. The second-order valence-corrected chi connectivity index (χ2v) is 3.81. The second kappa shape index (κ2) is 4.39. The maximum absolute atomic E-state index is 11.6. The van der Waals surface area contributed by atoms with Crippen molar-refractivity contribution in [1.29, 1.82) is 0 Å². The van der Waals surface area contributed by atoms with Crippen LogP contribution >= 0.6 is 12.2 Å². The first kappa shape index (κ1) is 11.6. The summed E-state index contributed by atoms with van der Waals surface area (Å²) < 4.78 is 1.81. The highest BCUT2D eigenvalue weighted by Gasteiger charge is 2.16. The minimum Gasteiger partial charge on any atom is -0.347 e. The summed E-state index contributed by atoms with van der Waals surface area (Å²) in [5.41, 5.74) is -0.263. The molecule has 82 valence electrons. The molecule has 0 spiro atoms. The predicted octanol–water partition coefficient (Wildman–Crippen LogP) is 0.555. The molecule has 0 saturated heterocycles. The van der Waals surface area contributed by atoms with Gasteiger partial charge in [-0.2, -0.15) is 0 Å². The summed E-state index contributed by atoms with van der Waals surface area (Å²) in [5, 5.41) is 0. The fraction of sp³-hybridized carbons (Fsp3) is 0.444. The maximum Gasteiger partial charge on any atom is 0.251 e. The van der Waals surface area contributed by atoms with Gasteiger partial charge in [0.2, 0.25) is 5.91 Å². The van der Waals surface area contributed by atoms with Gasteiger partial charge in [-0.25, -0.2) is 0 Å². The number of nitrogens with zero attached hydrogens (tertiary/aromatic N) is 2. The first-order chi connectivity index (χ1) is 6.93. The number of aromatic amines is 1. The minimum atomic E-state index is -0.413. The summed E-state index contributed by atoms with van der Waals surface area (Å²) in [6, 6.07) is 0.930. The Bertz CT molecular complexity index is 475. The second-order valence-electron chi connectivity index (χ2n) is 3.43. The number of amides is 1. The van der Waals surface area contributed by atoms with E-state index in [1.165, 1.54) is 17.2 Å². The van der Waals surface area contributed by atoms with E-state index in [4.69, 9.17) is 12.2 Å². The Morgan fingerprint density at radius 1 is 1.60 bits per heavy atom. The lowest BCUT2D eigenvalue weighted by molar-refractivity contribution is -0.131. The highest BCUT2D eigenvalue weighted by Crippen LogP contribution is 2.07. The molecule has 5 nitrogen and oxygen atoms in total. The molecule has 1 unspecified atom stereocenters. The summed E-state index contributed by atoms with van der Waals surface area (Å²) in [6.07, 6.45) is 1.52. The van der Waals surface area contributed by atoms with Crippen LogP contribution in [0, 0.1) is 4.77 Å². The standard InChI is InChI=1S/C9H13N3O2S/c1-6(8(14)11(2)3)12-5-4-7(13)10-9(12)15/h4-6H,1-3H3,(H,10,13,15). The molecule has 1 amide bonds. The van der Waals surface area contributed by atoms with Gasteiger partial charge in [0.05, 0.1) is 0 Å². The van der Waals surface area contributed by atoms with Gasteiger partial charge in [0.15, 0.2) is 4.77 Å². The quantitative estimate of drug-likeness (QED) is 0.751.